The van der Waals surface area contributed by atoms with E-state index < -0.39 is 10.0 Å². The predicted octanol–water partition coefficient (Wildman–Crippen LogP) is 3.76. The van der Waals surface area contributed by atoms with E-state index in [-0.39, 0.29) is 4.90 Å². The number of halogens is 1. The smallest absolute Gasteiger partial charge is 0.262 e. The molecule has 0 aliphatic heterocycles. The Labute approximate surface area is 133 Å². The number of nitrogens with two attached hydrogens (primary N) is 1. The van der Waals surface area contributed by atoms with Crippen LogP contribution in [0.2, 0.25) is 0 Å². The number of sulfonamides is 1. The van der Waals surface area contributed by atoms with Crippen molar-refractivity contribution in [1.29, 1.82) is 0 Å². The highest BCUT2D eigenvalue weighted by Gasteiger charge is 2.17. The highest BCUT2D eigenvalue weighted by Crippen LogP contribution is 2.28. The van der Waals surface area contributed by atoms with Gasteiger partial charge in [-0.1, -0.05) is 6.07 Å². The van der Waals surface area contributed by atoms with Crippen LogP contribution in [0.1, 0.15) is 16.7 Å². The molecular weight excluding hydrogens is 352 g/mol. The van der Waals surface area contributed by atoms with E-state index in [1.807, 2.05) is 32.9 Å². The minimum atomic E-state index is -3.67. The lowest BCUT2D eigenvalue weighted by Crippen LogP contribution is -2.14. The lowest BCUT2D eigenvalue weighted by Gasteiger charge is -2.13. The van der Waals surface area contributed by atoms with Crippen molar-refractivity contribution in [2.45, 2.75) is 25.7 Å². The molecule has 2 aromatic rings. The van der Waals surface area contributed by atoms with Gasteiger partial charge in [0.2, 0.25) is 0 Å². The first-order valence-corrected chi connectivity index (χ1v) is 8.64. The number of hydrogen-bond donors (Lipinski definition) is 2. The lowest BCUT2D eigenvalue weighted by molar-refractivity contribution is 0.601. The van der Waals surface area contributed by atoms with Crippen molar-refractivity contribution in [1.82, 2.24) is 0 Å². The van der Waals surface area contributed by atoms with Gasteiger partial charge in [-0.2, -0.15) is 0 Å². The number of rotatable bonds is 3. The second kappa shape index (κ2) is 5.69. The highest BCUT2D eigenvalue weighted by molar-refractivity contribution is 9.10. The van der Waals surface area contributed by atoms with Crippen molar-refractivity contribution < 1.29 is 8.42 Å². The molecule has 0 atom stereocenters. The molecule has 0 aromatic heterocycles. The Morgan fingerprint density at radius 2 is 1.76 bits per heavy atom. The Hall–Kier alpha value is -1.53. The molecule has 0 spiro atoms. The normalized spacial score (nSPS) is 11.4. The highest BCUT2D eigenvalue weighted by atomic mass is 79.9. The number of hydrogen-bond acceptors (Lipinski definition) is 3. The van der Waals surface area contributed by atoms with Crippen LogP contribution in [-0.2, 0) is 10.0 Å². The lowest BCUT2D eigenvalue weighted by atomic mass is 10.1. The summed E-state index contributed by atoms with van der Waals surface area (Å²) in [6.07, 6.45) is 0. The summed E-state index contributed by atoms with van der Waals surface area (Å²) in [6.45, 7) is 5.61. The summed E-state index contributed by atoms with van der Waals surface area (Å²) in [5.41, 5.74) is 9.55. The monoisotopic (exact) mass is 368 g/mol. The second-order valence-electron chi connectivity index (χ2n) is 5.04. The average Bonchev–Trinajstić information content (AvgIpc) is 2.39. The van der Waals surface area contributed by atoms with E-state index in [2.05, 4.69) is 20.7 Å². The second-order valence-corrected chi connectivity index (χ2v) is 7.58. The summed E-state index contributed by atoms with van der Waals surface area (Å²) in [5, 5.41) is 0. The van der Waals surface area contributed by atoms with Gasteiger partial charge in [-0.25, -0.2) is 8.42 Å². The molecule has 0 saturated carbocycles. The van der Waals surface area contributed by atoms with E-state index in [1.54, 1.807) is 12.1 Å². The summed E-state index contributed by atoms with van der Waals surface area (Å²) in [7, 11) is -3.67. The van der Waals surface area contributed by atoms with Crippen LogP contribution in [-0.4, -0.2) is 8.42 Å². The number of aryl methyl sites for hydroxylation is 2. The Balaban J connectivity index is 2.46. The van der Waals surface area contributed by atoms with Crippen molar-refractivity contribution in [3.05, 3.63) is 51.5 Å². The van der Waals surface area contributed by atoms with Crippen LogP contribution in [0.25, 0.3) is 0 Å². The van der Waals surface area contributed by atoms with Gasteiger partial charge in [-0.05, 0) is 77.7 Å². The van der Waals surface area contributed by atoms with E-state index in [0.717, 1.165) is 16.7 Å². The molecule has 0 heterocycles. The van der Waals surface area contributed by atoms with Gasteiger partial charge in [0.15, 0.2) is 0 Å². The summed E-state index contributed by atoms with van der Waals surface area (Å²) in [4.78, 5) is 0.163. The third-order valence-corrected chi connectivity index (χ3v) is 5.39. The summed E-state index contributed by atoms with van der Waals surface area (Å²) in [5.74, 6) is 0. The van der Waals surface area contributed by atoms with E-state index in [9.17, 15) is 8.42 Å². The van der Waals surface area contributed by atoms with Gasteiger partial charge in [0.05, 0.1) is 10.6 Å². The van der Waals surface area contributed by atoms with Gasteiger partial charge in [-0.15, -0.1) is 0 Å². The van der Waals surface area contributed by atoms with Crippen molar-refractivity contribution in [2.24, 2.45) is 0 Å². The maximum atomic E-state index is 12.5. The molecule has 0 amide bonds. The molecule has 2 rings (SSSR count). The third kappa shape index (κ3) is 3.39. The summed E-state index contributed by atoms with van der Waals surface area (Å²) >= 11 is 3.34. The average molecular weight is 369 g/mol. The fourth-order valence-electron chi connectivity index (χ4n) is 1.93. The number of nitrogen functional groups attached to an aromatic ring is 1. The first kappa shape index (κ1) is 15.9. The van der Waals surface area contributed by atoms with Crippen LogP contribution >= 0.6 is 15.9 Å². The molecule has 4 nitrogen and oxygen atoms in total. The van der Waals surface area contributed by atoms with Crippen molar-refractivity contribution in [3.63, 3.8) is 0 Å². The van der Waals surface area contributed by atoms with Crippen molar-refractivity contribution >= 4 is 37.3 Å². The van der Waals surface area contributed by atoms with E-state index in [4.69, 9.17) is 5.73 Å². The topological polar surface area (TPSA) is 72.2 Å². The first-order chi connectivity index (χ1) is 9.70. The zero-order chi connectivity index (χ0) is 15.8. The largest absolute Gasteiger partial charge is 0.398 e. The van der Waals surface area contributed by atoms with Crippen LogP contribution in [0.5, 0.6) is 0 Å². The molecule has 21 heavy (non-hydrogen) atoms. The SMILES string of the molecule is Cc1ccc(Br)c(NS(=O)(=O)c2cc(C)c(C)c(N)c2)c1. The standard InChI is InChI=1S/C15H17BrN2O2S/c1-9-4-5-13(16)15(6-9)18-21(19,20)12-7-10(2)11(3)14(17)8-12/h4-8,18H,17H2,1-3H3. The number of nitrogens with one attached hydrogen (secondary N) is 1. The van der Waals surface area contributed by atoms with Gasteiger partial charge in [0.1, 0.15) is 0 Å². The van der Waals surface area contributed by atoms with Gasteiger partial charge < -0.3 is 5.73 Å². The zero-order valence-electron chi connectivity index (χ0n) is 12.1. The molecule has 0 fully saturated rings. The minimum absolute atomic E-state index is 0.163. The summed E-state index contributed by atoms with van der Waals surface area (Å²) < 4.78 is 28.3. The molecule has 0 bridgehead atoms. The van der Waals surface area contributed by atoms with E-state index in [1.165, 1.54) is 6.07 Å². The quantitative estimate of drug-likeness (QED) is 0.810. The zero-order valence-corrected chi connectivity index (χ0v) is 14.5. The molecule has 0 saturated heterocycles. The number of benzene rings is 2. The molecule has 6 heteroatoms. The molecule has 112 valence electrons. The maximum absolute atomic E-state index is 12.5. The number of anilines is 2. The Kier molecular flexibility index (Phi) is 4.30. The van der Waals surface area contributed by atoms with Crippen LogP contribution in [0.15, 0.2) is 39.7 Å². The van der Waals surface area contributed by atoms with Crippen LogP contribution < -0.4 is 10.5 Å². The Morgan fingerprint density at radius 1 is 1.10 bits per heavy atom. The molecule has 0 unspecified atom stereocenters. The Bertz CT molecular complexity index is 778. The van der Waals surface area contributed by atoms with Crippen LogP contribution in [0, 0.1) is 20.8 Å². The van der Waals surface area contributed by atoms with Gasteiger partial charge >= 0.3 is 0 Å². The molecule has 3 N–H and O–H groups in total. The Morgan fingerprint density at radius 3 is 2.38 bits per heavy atom. The molecule has 0 aliphatic carbocycles. The minimum Gasteiger partial charge on any atom is -0.398 e. The molecule has 0 aliphatic rings. The first-order valence-electron chi connectivity index (χ1n) is 6.36. The molecule has 2 aromatic carbocycles. The van der Waals surface area contributed by atoms with Crippen LogP contribution in [0.3, 0.4) is 0 Å². The third-order valence-electron chi connectivity index (χ3n) is 3.36. The van der Waals surface area contributed by atoms with E-state index >= 15 is 0 Å². The van der Waals surface area contributed by atoms with Gasteiger partial charge in [0, 0.05) is 10.2 Å². The van der Waals surface area contributed by atoms with Crippen LogP contribution in [0.4, 0.5) is 11.4 Å². The molecule has 0 radical (unpaired) electrons. The van der Waals surface area contributed by atoms with Gasteiger partial charge in [-0.3, -0.25) is 4.72 Å². The van der Waals surface area contributed by atoms with Crippen molar-refractivity contribution in [2.75, 3.05) is 10.5 Å². The fraction of sp³-hybridized carbons (Fsp3) is 0.200. The fourth-order valence-corrected chi connectivity index (χ4v) is 3.60. The van der Waals surface area contributed by atoms with Crippen molar-refractivity contribution in [3.8, 4) is 0 Å². The predicted molar refractivity (Wildman–Crippen MR) is 90.0 cm³/mol. The maximum Gasteiger partial charge on any atom is 0.262 e. The molecular formula is C15H17BrN2O2S. The van der Waals surface area contributed by atoms with E-state index in [0.29, 0.717) is 15.8 Å². The van der Waals surface area contributed by atoms with Gasteiger partial charge in [0.25, 0.3) is 10.0 Å². The summed E-state index contributed by atoms with van der Waals surface area (Å²) in [6, 6.07) is 8.58.